The number of rotatable bonds is 3. The van der Waals surface area contributed by atoms with E-state index >= 15 is 0 Å². The Morgan fingerprint density at radius 2 is 1.75 bits per heavy atom. The Morgan fingerprint density at radius 1 is 1.17 bits per heavy atom. The summed E-state index contributed by atoms with van der Waals surface area (Å²) < 4.78 is 0. The maximum atomic E-state index is 5.47. The van der Waals surface area contributed by atoms with Crippen molar-refractivity contribution in [2.45, 2.75) is 38.5 Å². The first-order chi connectivity index (χ1) is 5.43. The standard InChI is InChI=1S/C10H19N.ClH/c11-9-5-8-10-6-3-1-2-4-7-10;/h1-2,10H,3-9,11H2;1H. The minimum atomic E-state index is 0. The summed E-state index contributed by atoms with van der Waals surface area (Å²) in [7, 11) is 0. The third-order valence-corrected chi connectivity index (χ3v) is 2.47. The highest BCUT2D eigenvalue weighted by atomic mass is 35.5. The fraction of sp³-hybridized carbons (Fsp3) is 0.800. The second-order valence-corrected chi connectivity index (χ2v) is 3.42. The molecule has 72 valence electrons. The molecule has 0 unspecified atom stereocenters. The van der Waals surface area contributed by atoms with Gasteiger partial charge in [0, 0.05) is 0 Å². The Balaban J connectivity index is 0.00000121. The lowest BCUT2D eigenvalue weighted by Crippen LogP contribution is -2.04. The average molecular weight is 190 g/mol. The summed E-state index contributed by atoms with van der Waals surface area (Å²) in [6.45, 7) is 0.865. The fourth-order valence-electron chi connectivity index (χ4n) is 1.74. The minimum Gasteiger partial charge on any atom is -0.330 e. The third-order valence-electron chi connectivity index (χ3n) is 2.47. The van der Waals surface area contributed by atoms with Crippen molar-refractivity contribution in [2.75, 3.05) is 6.54 Å². The van der Waals surface area contributed by atoms with Gasteiger partial charge in [0.05, 0.1) is 0 Å². The smallest absolute Gasteiger partial charge is 0.00772 e. The molecule has 1 aliphatic carbocycles. The Kier molecular flexibility index (Phi) is 7.62. The van der Waals surface area contributed by atoms with Crippen molar-refractivity contribution in [3.05, 3.63) is 12.2 Å². The molecule has 0 atom stereocenters. The van der Waals surface area contributed by atoms with Gasteiger partial charge in [-0.1, -0.05) is 12.2 Å². The van der Waals surface area contributed by atoms with Gasteiger partial charge >= 0.3 is 0 Å². The molecule has 0 spiro atoms. The van der Waals surface area contributed by atoms with Gasteiger partial charge in [-0.2, -0.15) is 0 Å². The van der Waals surface area contributed by atoms with Crippen LogP contribution < -0.4 is 5.73 Å². The van der Waals surface area contributed by atoms with Crippen LogP contribution in [0.5, 0.6) is 0 Å². The van der Waals surface area contributed by atoms with E-state index in [0.717, 1.165) is 12.5 Å². The van der Waals surface area contributed by atoms with Gasteiger partial charge in [0.1, 0.15) is 0 Å². The second kappa shape index (κ2) is 7.63. The summed E-state index contributed by atoms with van der Waals surface area (Å²) in [5.41, 5.74) is 5.47. The molecule has 0 aromatic heterocycles. The van der Waals surface area contributed by atoms with Crippen LogP contribution >= 0.6 is 12.4 Å². The molecule has 0 radical (unpaired) electrons. The predicted octanol–water partition coefficient (Wildman–Crippen LogP) is 2.89. The van der Waals surface area contributed by atoms with E-state index in [0.29, 0.717) is 0 Å². The maximum absolute atomic E-state index is 5.47. The lowest BCUT2D eigenvalue weighted by molar-refractivity contribution is 0.424. The Morgan fingerprint density at radius 3 is 2.25 bits per heavy atom. The van der Waals surface area contributed by atoms with Gasteiger partial charge in [-0.05, 0) is 51.0 Å². The fourth-order valence-corrected chi connectivity index (χ4v) is 1.74. The third kappa shape index (κ3) is 4.78. The van der Waals surface area contributed by atoms with Crippen molar-refractivity contribution < 1.29 is 0 Å². The van der Waals surface area contributed by atoms with Crippen LogP contribution in [0.1, 0.15) is 38.5 Å². The summed E-state index contributed by atoms with van der Waals surface area (Å²) in [5, 5.41) is 0. The molecule has 0 saturated carbocycles. The summed E-state index contributed by atoms with van der Waals surface area (Å²) in [5.74, 6) is 0.952. The van der Waals surface area contributed by atoms with Crippen LogP contribution in [-0.2, 0) is 0 Å². The van der Waals surface area contributed by atoms with Gasteiger partial charge in [0.25, 0.3) is 0 Å². The van der Waals surface area contributed by atoms with Crippen molar-refractivity contribution in [3.8, 4) is 0 Å². The SMILES string of the molecule is Cl.NCCCC1CCC=CCC1. The van der Waals surface area contributed by atoms with Crippen molar-refractivity contribution in [3.63, 3.8) is 0 Å². The predicted molar refractivity (Wildman–Crippen MR) is 56.6 cm³/mol. The molecule has 2 N–H and O–H groups in total. The van der Waals surface area contributed by atoms with Crippen molar-refractivity contribution in [1.82, 2.24) is 0 Å². The van der Waals surface area contributed by atoms with E-state index in [4.69, 9.17) is 5.73 Å². The minimum absolute atomic E-state index is 0. The molecular weight excluding hydrogens is 170 g/mol. The molecule has 2 heteroatoms. The summed E-state index contributed by atoms with van der Waals surface area (Å²) in [4.78, 5) is 0. The van der Waals surface area contributed by atoms with Crippen LogP contribution in [0, 0.1) is 5.92 Å². The number of hydrogen-bond acceptors (Lipinski definition) is 1. The van der Waals surface area contributed by atoms with E-state index < -0.39 is 0 Å². The van der Waals surface area contributed by atoms with Crippen LogP contribution in [0.15, 0.2) is 12.2 Å². The first kappa shape index (κ1) is 12.0. The van der Waals surface area contributed by atoms with E-state index in [9.17, 15) is 0 Å². The monoisotopic (exact) mass is 189 g/mol. The average Bonchev–Trinajstić information content (AvgIpc) is 2.28. The number of hydrogen-bond donors (Lipinski definition) is 1. The molecule has 0 fully saturated rings. The van der Waals surface area contributed by atoms with Gasteiger partial charge in [-0.3, -0.25) is 0 Å². The van der Waals surface area contributed by atoms with Crippen molar-refractivity contribution >= 4 is 12.4 Å². The second-order valence-electron chi connectivity index (χ2n) is 3.42. The zero-order valence-corrected chi connectivity index (χ0v) is 8.48. The topological polar surface area (TPSA) is 26.0 Å². The van der Waals surface area contributed by atoms with E-state index in [1.54, 1.807) is 0 Å². The molecule has 0 aromatic carbocycles. The summed E-state index contributed by atoms with van der Waals surface area (Å²) >= 11 is 0. The highest BCUT2D eigenvalue weighted by molar-refractivity contribution is 5.85. The van der Waals surface area contributed by atoms with Crippen molar-refractivity contribution in [1.29, 1.82) is 0 Å². The first-order valence-electron chi connectivity index (χ1n) is 4.78. The zero-order chi connectivity index (χ0) is 7.94. The molecule has 0 saturated heterocycles. The van der Waals surface area contributed by atoms with Crippen LogP contribution in [0.4, 0.5) is 0 Å². The van der Waals surface area contributed by atoms with Gasteiger partial charge < -0.3 is 5.73 Å². The maximum Gasteiger partial charge on any atom is -0.00772 e. The molecule has 0 amide bonds. The highest BCUT2D eigenvalue weighted by Gasteiger charge is 2.07. The van der Waals surface area contributed by atoms with Crippen LogP contribution in [0.2, 0.25) is 0 Å². The first-order valence-corrected chi connectivity index (χ1v) is 4.78. The quantitative estimate of drug-likeness (QED) is 0.679. The van der Waals surface area contributed by atoms with Crippen LogP contribution in [0.3, 0.4) is 0 Å². The van der Waals surface area contributed by atoms with E-state index in [1.165, 1.54) is 38.5 Å². The Hall–Kier alpha value is -0.0100. The zero-order valence-electron chi connectivity index (χ0n) is 7.67. The van der Waals surface area contributed by atoms with E-state index in [-0.39, 0.29) is 12.4 Å². The number of halogens is 1. The van der Waals surface area contributed by atoms with Gasteiger partial charge in [0.15, 0.2) is 0 Å². The molecule has 1 rings (SSSR count). The Bertz CT molecular complexity index is 113. The largest absolute Gasteiger partial charge is 0.330 e. The van der Waals surface area contributed by atoms with Gasteiger partial charge in [0.2, 0.25) is 0 Å². The number of allylic oxidation sites excluding steroid dienone is 2. The summed E-state index contributed by atoms with van der Waals surface area (Å²) in [6.07, 6.45) is 12.5. The van der Waals surface area contributed by atoms with E-state index in [1.807, 2.05) is 0 Å². The lowest BCUT2D eigenvalue weighted by Gasteiger charge is -2.12. The molecule has 0 aliphatic heterocycles. The van der Waals surface area contributed by atoms with Crippen molar-refractivity contribution in [2.24, 2.45) is 11.7 Å². The molecular formula is C10H20ClN. The number of nitrogens with two attached hydrogens (primary N) is 1. The lowest BCUT2D eigenvalue weighted by atomic mass is 9.95. The molecule has 12 heavy (non-hydrogen) atoms. The Labute approximate surface area is 81.8 Å². The molecule has 1 aliphatic rings. The van der Waals surface area contributed by atoms with Crippen LogP contribution in [-0.4, -0.2) is 6.54 Å². The summed E-state index contributed by atoms with van der Waals surface area (Å²) in [6, 6.07) is 0. The highest BCUT2D eigenvalue weighted by Crippen LogP contribution is 2.22. The van der Waals surface area contributed by atoms with E-state index in [2.05, 4.69) is 12.2 Å². The molecule has 1 nitrogen and oxygen atoms in total. The molecule has 0 aromatic rings. The van der Waals surface area contributed by atoms with Crippen LogP contribution in [0.25, 0.3) is 0 Å². The van der Waals surface area contributed by atoms with Gasteiger partial charge in [-0.25, -0.2) is 0 Å². The molecule has 0 heterocycles. The molecule has 0 bridgehead atoms. The van der Waals surface area contributed by atoms with Gasteiger partial charge in [-0.15, -0.1) is 12.4 Å². The normalized spacial score (nSPS) is 18.4.